The number of fused-ring (bicyclic) bond motifs is 1. The molecule has 0 aliphatic heterocycles. The number of rotatable bonds is 8. The predicted octanol–water partition coefficient (Wildman–Crippen LogP) is 5.42. The van der Waals surface area contributed by atoms with Gasteiger partial charge in [0, 0.05) is 10.6 Å². The van der Waals surface area contributed by atoms with E-state index in [4.69, 9.17) is 21.1 Å². The molecule has 0 spiro atoms. The van der Waals surface area contributed by atoms with Crippen LogP contribution in [0.4, 0.5) is 0 Å². The molecule has 0 radical (unpaired) electrons. The van der Waals surface area contributed by atoms with Gasteiger partial charge in [-0.25, -0.2) is 9.63 Å². The minimum Gasteiger partial charge on any atom is -0.494 e. The first-order valence-corrected chi connectivity index (χ1v) is 12.5. The number of hydrogen-bond acceptors (Lipinski definition) is 6. The molecule has 0 heterocycles. The largest absolute Gasteiger partial charge is 0.494 e. The second kappa shape index (κ2) is 10.6. The van der Waals surface area contributed by atoms with Crippen LogP contribution in [0.1, 0.15) is 22.8 Å². The molecular formula is C26H21ClN2O5S. The van der Waals surface area contributed by atoms with Crippen molar-refractivity contribution >= 4 is 44.6 Å². The van der Waals surface area contributed by atoms with Gasteiger partial charge in [-0.15, -0.1) is 0 Å². The molecule has 0 saturated carbocycles. The summed E-state index contributed by atoms with van der Waals surface area (Å²) in [6, 6.07) is 23.2. The maximum Gasteiger partial charge on any atom is 0.343 e. The van der Waals surface area contributed by atoms with Crippen LogP contribution in [0, 0.1) is 0 Å². The highest BCUT2D eigenvalue weighted by Gasteiger charge is 2.15. The van der Waals surface area contributed by atoms with Crippen molar-refractivity contribution in [3.8, 4) is 11.5 Å². The Morgan fingerprint density at radius 1 is 0.971 bits per heavy atom. The molecule has 0 fully saturated rings. The van der Waals surface area contributed by atoms with Crippen molar-refractivity contribution in [1.29, 1.82) is 0 Å². The Kier molecular flexibility index (Phi) is 7.33. The van der Waals surface area contributed by atoms with Gasteiger partial charge in [-0.05, 0) is 72.3 Å². The normalized spacial score (nSPS) is 11.5. The first kappa shape index (κ1) is 24.3. The minimum absolute atomic E-state index is 0.0131. The number of hydrazone groups is 1. The number of nitrogens with zero attached hydrogens (tertiary/aromatic N) is 1. The number of sulfonamides is 1. The van der Waals surface area contributed by atoms with Gasteiger partial charge in [-0.3, -0.25) is 0 Å². The van der Waals surface area contributed by atoms with E-state index >= 15 is 0 Å². The van der Waals surface area contributed by atoms with Crippen molar-refractivity contribution in [2.24, 2.45) is 5.10 Å². The van der Waals surface area contributed by atoms with E-state index in [0.29, 0.717) is 28.5 Å². The van der Waals surface area contributed by atoms with Crippen LogP contribution in [0.5, 0.6) is 11.5 Å². The molecule has 0 bridgehead atoms. The summed E-state index contributed by atoms with van der Waals surface area (Å²) in [5.41, 5.74) is 0.786. The van der Waals surface area contributed by atoms with E-state index in [-0.39, 0.29) is 10.6 Å². The maximum atomic E-state index is 12.8. The van der Waals surface area contributed by atoms with Gasteiger partial charge < -0.3 is 9.47 Å². The lowest BCUT2D eigenvalue weighted by molar-refractivity contribution is 0.0734. The lowest BCUT2D eigenvalue weighted by Gasteiger charge is -2.11. The molecule has 0 saturated heterocycles. The van der Waals surface area contributed by atoms with Gasteiger partial charge in [0.25, 0.3) is 10.0 Å². The Morgan fingerprint density at radius 3 is 2.40 bits per heavy atom. The zero-order valence-electron chi connectivity index (χ0n) is 18.6. The molecule has 0 aromatic heterocycles. The van der Waals surface area contributed by atoms with E-state index in [2.05, 4.69) is 9.93 Å². The first-order chi connectivity index (χ1) is 16.9. The third-order valence-electron chi connectivity index (χ3n) is 5.02. The standard InChI is InChI=1S/C26H21ClN2O5S/c1-2-33-21-12-7-19(8-13-21)26(30)34-25-16-9-18-5-3-4-6-23(18)24(25)17-28-29-35(31,32)22-14-10-20(27)11-15-22/h3-17,29H,2H2,1H3/b28-17-. The van der Waals surface area contributed by atoms with Gasteiger partial charge in [0.15, 0.2) is 0 Å². The van der Waals surface area contributed by atoms with Crippen LogP contribution in [0.15, 0.2) is 94.9 Å². The van der Waals surface area contributed by atoms with Crippen molar-refractivity contribution in [3.63, 3.8) is 0 Å². The Balaban J connectivity index is 1.62. The lowest BCUT2D eigenvalue weighted by Crippen LogP contribution is -2.18. The zero-order chi connectivity index (χ0) is 24.8. The second-order valence-electron chi connectivity index (χ2n) is 7.35. The highest BCUT2D eigenvalue weighted by atomic mass is 35.5. The molecule has 4 rings (SSSR count). The molecule has 4 aromatic rings. The summed E-state index contributed by atoms with van der Waals surface area (Å²) in [6.07, 6.45) is 1.32. The smallest absolute Gasteiger partial charge is 0.343 e. The molecule has 1 N–H and O–H groups in total. The lowest BCUT2D eigenvalue weighted by atomic mass is 10.0. The number of carbonyl (C=O) groups excluding carboxylic acids is 1. The minimum atomic E-state index is -3.91. The van der Waals surface area contributed by atoms with Crippen LogP contribution in [-0.2, 0) is 10.0 Å². The Labute approximate surface area is 208 Å². The Morgan fingerprint density at radius 2 is 1.69 bits per heavy atom. The van der Waals surface area contributed by atoms with Gasteiger partial charge in [-0.2, -0.15) is 13.5 Å². The maximum absolute atomic E-state index is 12.8. The van der Waals surface area contributed by atoms with Crippen LogP contribution in [0.2, 0.25) is 5.02 Å². The zero-order valence-corrected chi connectivity index (χ0v) is 20.2. The molecular weight excluding hydrogens is 488 g/mol. The van der Waals surface area contributed by atoms with Crippen LogP contribution in [0.3, 0.4) is 0 Å². The van der Waals surface area contributed by atoms with E-state index in [1.807, 2.05) is 37.3 Å². The van der Waals surface area contributed by atoms with Gasteiger partial charge in [-0.1, -0.05) is 41.9 Å². The summed E-state index contributed by atoms with van der Waals surface area (Å²) in [5, 5.41) is 5.96. The fraction of sp³-hybridized carbons (Fsp3) is 0.0769. The van der Waals surface area contributed by atoms with E-state index < -0.39 is 16.0 Å². The third kappa shape index (κ3) is 5.79. The molecule has 35 heavy (non-hydrogen) atoms. The number of hydrogen-bond donors (Lipinski definition) is 1. The Bertz CT molecular complexity index is 1480. The molecule has 0 atom stereocenters. The molecule has 0 amide bonds. The molecule has 7 nitrogen and oxygen atoms in total. The van der Waals surface area contributed by atoms with Crippen molar-refractivity contribution in [3.05, 3.63) is 101 Å². The number of benzene rings is 4. The summed E-state index contributed by atoms with van der Waals surface area (Å²) in [7, 11) is -3.91. The number of carbonyl (C=O) groups is 1. The fourth-order valence-electron chi connectivity index (χ4n) is 3.34. The van der Waals surface area contributed by atoms with Crippen LogP contribution in [-0.4, -0.2) is 27.2 Å². The highest BCUT2D eigenvalue weighted by molar-refractivity contribution is 7.89. The summed E-state index contributed by atoms with van der Waals surface area (Å²) < 4.78 is 36.2. The highest BCUT2D eigenvalue weighted by Crippen LogP contribution is 2.28. The number of nitrogens with one attached hydrogen (secondary N) is 1. The van der Waals surface area contributed by atoms with Gasteiger partial charge in [0.05, 0.1) is 23.3 Å². The van der Waals surface area contributed by atoms with Crippen molar-refractivity contribution in [1.82, 2.24) is 4.83 Å². The van der Waals surface area contributed by atoms with Gasteiger partial charge in [0.2, 0.25) is 0 Å². The molecule has 0 aliphatic carbocycles. The van der Waals surface area contributed by atoms with Crippen LogP contribution in [0.25, 0.3) is 10.8 Å². The van der Waals surface area contributed by atoms with Crippen LogP contribution >= 0.6 is 11.6 Å². The van der Waals surface area contributed by atoms with E-state index in [9.17, 15) is 13.2 Å². The van der Waals surface area contributed by atoms with Crippen molar-refractivity contribution in [2.75, 3.05) is 6.61 Å². The van der Waals surface area contributed by atoms with Crippen molar-refractivity contribution in [2.45, 2.75) is 11.8 Å². The number of halogens is 1. The molecule has 4 aromatic carbocycles. The monoisotopic (exact) mass is 508 g/mol. The van der Waals surface area contributed by atoms with E-state index in [1.54, 1.807) is 30.3 Å². The average molecular weight is 509 g/mol. The average Bonchev–Trinajstić information content (AvgIpc) is 2.86. The first-order valence-electron chi connectivity index (χ1n) is 10.6. The van der Waals surface area contributed by atoms with Gasteiger partial charge >= 0.3 is 5.97 Å². The molecule has 178 valence electrons. The van der Waals surface area contributed by atoms with Crippen LogP contribution < -0.4 is 14.3 Å². The Hall–Kier alpha value is -3.88. The SMILES string of the molecule is CCOc1ccc(C(=O)Oc2ccc3ccccc3c2/C=N\NS(=O)(=O)c2ccc(Cl)cc2)cc1. The molecule has 0 unspecified atom stereocenters. The van der Waals surface area contributed by atoms with E-state index in [1.165, 1.54) is 30.5 Å². The van der Waals surface area contributed by atoms with Crippen molar-refractivity contribution < 1.29 is 22.7 Å². The number of esters is 1. The summed E-state index contributed by atoms with van der Waals surface area (Å²) in [6.45, 7) is 2.39. The van der Waals surface area contributed by atoms with Gasteiger partial charge in [0.1, 0.15) is 11.5 Å². The van der Waals surface area contributed by atoms with E-state index in [0.717, 1.165) is 10.8 Å². The summed E-state index contributed by atoms with van der Waals surface area (Å²) in [4.78, 5) is 15.0. The fourth-order valence-corrected chi connectivity index (χ4v) is 4.25. The quantitative estimate of drug-likeness (QED) is 0.148. The second-order valence-corrected chi connectivity index (χ2v) is 9.45. The summed E-state index contributed by atoms with van der Waals surface area (Å²) >= 11 is 5.83. The molecule has 0 aliphatic rings. The number of ether oxygens (including phenoxy) is 2. The molecule has 9 heteroatoms. The topological polar surface area (TPSA) is 94.1 Å². The third-order valence-corrected chi connectivity index (χ3v) is 6.52. The summed E-state index contributed by atoms with van der Waals surface area (Å²) in [5.74, 6) is 0.312. The predicted molar refractivity (Wildman–Crippen MR) is 136 cm³/mol.